The summed E-state index contributed by atoms with van der Waals surface area (Å²) in [4.78, 5) is 2.34. The molecule has 0 aromatic carbocycles. The molecule has 0 atom stereocenters. The van der Waals surface area contributed by atoms with Gasteiger partial charge in [0.15, 0.2) is 0 Å². The maximum Gasteiger partial charge on any atom is 0.0330 e. The Labute approximate surface area is 62.7 Å². The highest BCUT2D eigenvalue weighted by molar-refractivity contribution is 5.55. The lowest BCUT2D eigenvalue weighted by molar-refractivity contribution is 0.217. The summed E-state index contributed by atoms with van der Waals surface area (Å²) in [6.07, 6.45) is 4.12. The Hall–Kier alpha value is -0.370. The Morgan fingerprint density at radius 2 is 2.10 bits per heavy atom. The van der Waals surface area contributed by atoms with Crippen molar-refractivity contribution in [3.05, 3.63) is 0 Å². The lowest BCUT2D eigenvalue weighted by atomic mass is 9.99. The summed E-state index contributed by atoms with van der Waals surface area (Å²) in [6, 6.07) is 0. The van der Waals surface area contributed by atoms with E-state index in [1.165, 1.54) is 32.1 Å². The van der Waals surface area contributed by atoms with E-state index >= 15 is 0 Å². The van der Waals surface area contributed by atoms with E-state index in [-0.39, 0.29) is 0 Å². The van der Waals surface area contributed by atoms with Crippen LogP contribution in [0.5, 0.6) is 0 Å². The Balaban J connectivity index is 2.19. The monoisotopic (exact) mass is 140 g/mol. The van der Waals surface area contributed by atoms with Crippen molar-refractivity contribution in [1.29, 1.82) is 5.41 Å². The van der Waals surface area contributed by atoms with E-state index in [2.05, 4.69) is 11.8 Å². The smallest absolute Gasteiger partial charge is 0.0330 e. The predicted octanol–water partition coefficient (Wildman–Crippen LogP) is 1.37. The number of hydrogen-bond donors (Lipinski definition) is 1. The third-order valence-electron chi connectivity index (χ3n) is 2.23. The van der Waals surface area contributed by atoms with Gasteiger partial charge in [-0.2, -0.15) is 0 Å². The van der Waals surface area contributed by atoms with Gasteiger partial charge in [-0.1, -0.05) is 6.92 Å². The molecule has 0 aliphatic carbocycles. The Morgan fingerprint density at radius 3 is 2.60 bits per heavy atom. The minimum Gasteiger partial charge on any atom is -0.312 e. The fourth-order valence-corrected chi connectivity index (χ4v) is 1.37. The molecule has 2 heteroatoms. The summed E-state index contributed by atoms with van der Waals surface area (Å²) in [6.45, 7) is 5.54. The molecule has 0 unspecified atom stereocenters. The highest BCUT2D eigenvalue weighted by atomic mass is 15.1. The predicted molar refractivity (Wildman–Crippen MR) is 43.6 cm³/mol. The van der Waals surface area contributed by atoms with Crippen LogP contribution in [-0.4, -0.2) is 30.7 Å². The Bertz CT molecular complexity index is 104. The number of hydrogen-bond acceptors (Lipinski definition) is 2. The molecule has 0 aromatic heterocycles. The Morgan fingerprint density at radius 1 is 1.50 bits per heavy atom. The molecule has 0 saturated carbocycles. The summed E-state index contributed by atoms with van der Waals surface area (Å²) >= 11 is 0. The SMILES string of the molecule is CC1CCN(CC=N)CC1. The van der Waals surface area contributed by atoms with Crippen molar-refractivity contribution in [2.75, 3.05) is 19.6 Å². The quantitative estimate of drug-likeness (QED) is 0.576. The van der Waals surface area contributed by atoms with E-state index in [0.29, 0.717) is 0 Å². The number of piperidine rings is 1. The largest absolute Gasteiger partial charge is 0.312 e. The van der Waals surface area contributed by atoms with Gasteiger partial charge in [0, 0.05) is 12.8 Å². The molecule has 58 valence electrons. The fraction of sp³-hybridized carbons (Fsp3) is 0.875. The number of nitrogens with zero attached hydrogens (tertiary/aromatic N) is 1. The summed E-state index contributed by atoms with van der Waals surface area (Å²) in [5.74, 6) is 0.905. The van der Waals surface area contributed by atoms with Gasteiger partial charge in [-0.25, -0.2) is 0 Å². The van der Waals surface area contributed by atoms with Crippen LogP contribution in [0.15, 0.2) is 0 Å². The summed E-state index contributed by atoms with van der Waals surface area (Å²) in [7, 11) is 0. The lowest BCUT2D eigenvalue weighted by Gasteiger charge is -2.28. The van der Waals surface area contributed by atoms with Gasteiger partial charge >= 0.3 is 0 Å². The second-order valence-electron chi connectivity index (χ2n) is 3.19. The maximum absolute atomic E-state index is 6.92. The van der Waals surface area contributed by atoms with Crippen molar-refractivity contribution in [1.82, 2.24) is 4.90 Å². The van der Waals surface area contributed by atoms with Crippen LogP contribution in [0, 0.1) is 11.3 Å². The average Bonchev–Trinajstić information content (AvgIpc) is 1.95. The van der Waals surface area contributed by atoms with Gasteiger partial charge in [-0.3, -0.25) is 4.90 Å². The van der Waals surface area contributed by atoms with Crippen molar-refractivity contribution >= 4 is 6.21 Å². The van der Waals surface area contributed by atoms with Crippen molar-refractivity contribution in [2.24, 2.45) is 5.92 Å². The fourth-order valence-electron chi connectivity index (χ4n) is 1.37. The van der Waals surface area contributed by atoms with Crippen molar-refractivity contribution in [2.45, 2.75) is 19.8 Å². The first kappa shape index (κ1) is 7.73. The van der Waals surface area contributed by atoms with E-state index in [9.17, 15) is 0 Å². The van der Waals surface area contributed by atoms with E-state index in [1.807, 2.05) is 0 Å². The normalized spacial score (nSPS) is 22.9. The van der Waals surface area contributed by atoms with Gasteiger partial charge in [0.25, 0.3) is 0 Å². The van der Waals surface area contributed by atoms with Gasteiger partial charge in [-0.05, 0) is 31.8 Å². The molecule has 0 radical (unpaired) electrons. The molecule has 2 nitrogen and oxygen atoms in total. The van der Waals surface area contributed by atoms with E-state index in [4.69, 9.17) is 5.41 Å². The van der Waals surface area contributed by atoms with Gasteiger partial charge in [0.05, 0.1) is 0 Å². The molecule has 1 heterocycles. The number of likely N-dealkylation sites (tertiary alicyclic amines) is 1. The first-order valence-electron chi connectivity index (χ1n) is 4.04. The summed E-state index contributed by atoms with van der Waals surface area (Å²) < 4.78 is 0. The van der Waals surface area contributed by atoms with Crippen LogP contribution >= 0.6 is 0 Å². The molecule has 1 aliphatic heterocycles. The molecule has 1 N–H and O–H groups in total. The van der Waals surface area contributed by atoms with Crippen LogP contribution in [0.1, 0.15) is 19.8 Å². The van der Waals surface area contributed by atoms with E-state index in [1.54, 1.807) is 0 Å². The molecule has 1 rings (SSSR count). The minimum absolute atomic E-state index is 0.854. The number of nitrogens with one attached hydrogen (secondary N) is 1. The van der Waals surface area contributed by atoms with E-state index in [0.717, 1.165) is 12.5 Å². The topological polar surface area (TPSA) is 27.1 Å². The van der Waals surface area contributed by atoms with Crippen LogP contribution in [0.3, 0.4) is 0 Å². The highest BCUT2D eigenvalue weighted by Crippen LogP contribution is 2.14. The van der Waals surface area contributed by atoms with Crippen molar-refractivity contribution in [3.63, 3.8) is 0 Å². The highest BCUT2D eigenvalue weighted by Gasteiger charge is 2.13. The first-order valence-corrected chi connectivity index (χ1v) is 4.04. The van der Waals surface area contributed by atoms with Gasteiger partial charge in [0.1, 0.15) is 0 Å². The van der Waals surface area contributed by atoms with E-state index < -0.39 is 0 Å². The Kier molecular flexibility index (Phi) is 2.87. The van der Waals surface area contributed by atoms with Crippen LogP contribution in [0.25, 0.3) is 0 Å². The molecule has 0 aromatic rings. The third kappa shape index (κ3) is 2.10. The summed E-state index contributed by atoms with van der Waals surface area (Å²) in [5.41, 5.74) is 0. The lowest BCUT2D eigenvalue weighted by Crippen LogP contribution is -2.33. The molecule has 10 heavy (non-hydrogen) atoms. The van der Waals surface area contributed by atoms with Crippen LogP contribution in [0.4, 0.5) is 0 Å². The standard InChI is InChI=1S/C8H16N2/c1-8-2-5-10(6-3-8)7-4-9/h4,8-9H,2-3,5-7H2,1H3. The third-order valence-corrected chi connectivity index (χ3v) is 2.23. The second-order valence-corrected chi connectivity index (χ2v) is 3.19. The zero-order valence-corrected chi connectivity index (χ0v) is 6.64. The van der Waals surface area contributed by atoms with Crippen molar-refractivity contribution < 1.29 is 0 Å². The molecule has 0 bridgehead atoms. The number of rotatable bonds is 2. The molecule has 1 aliphatic rings. The molecule has 1 fully saturated rings. The van der Waals surface area contributed by atoms with Crippen LogP contribution in [-0.2, 0) is 0 Å². The zero-order valence-electron chi connectivity index (χ0n) is 6.64. The van der Waals surface area contributed by atoms with Gasteiger partial charge in [-0.15, -0.1) is 0 Å². The van der Waals surface area contributed by atoms with Crippen LogP contribution < -0.4 is 0 Å². The average molecular weight is 140 g/mol. The molecule has 0 amide bonds. The minimum atomic E-state index is 0.854. The maximum atomic E-state index is 6.92. The summed E-state index contributed by atoms with van der Waals surface area (Å²) in [5, 5.41) is 6.92. The molecular formula is C8H16N2. The molecule has 0 spiro atoms. The van der Waals surface area contributed by atoms with Crippen LogP contribution in [0.2, 0.25) is 0 Å². The second kappa shape index (κ2) is 3.71. The zero-order chi connectivity index (χ0) is 7.40. The van der Waals surface area contributed by atoms with Gasteiger partial charge in [0.2, 0.25) is 0 Å². The molecular weight excluding hydrogens is 124 g/mol. The first-order chi connectivity index (χ1) is 4.83. The van der Waals surface area contributed by atoms with Gasteiger partial charge < -0.3 is 5.41 Å². The van der Waals surface area contributed by atoms with Crippen molar-refractivity contribution in [3.8, 4) is 0 Å². The molecule has 1 saturated heterocycles.